The molecule has 0 aromatic heterocycles. The Morgan fingerprint density at radius 3 is 2.57 bits per heavy atom. The quantitative estimate of drug-likeness (QED) is 0.848. The Kier molecular flexibility index (Phi) is 4.63. The van der Waals surface area contributed by atoms with Crippen molar-refractivity contribution in [1.29, 1.82) is 0 Å². The second-order valence-corrected chi connectivity index (χ2v) is 7.26. The molecule has 2 heterocycles. The monoisotopic (exact) mass is 381 g/mol. The summed E-state index contributed by atoms with van der Waals surface area (Å²) in [6.07, 6.45) is 2.20. The fourth-order valence-corrected chi connectivity index (χ4v) is 3.40. The number of nitrogens with one attached hydrogen (secondary N) is 1. The summed E-state index contributed by atoms with van der Waals surface area (Å²) in [6, 6.07) is 7.43. The summed E-state index contributed by atoms with van der Waals surface area (Å²) < 4.78 is 23.2. The zero-order valence-corrected chi connectivity index (χ0v) is 16.4. The lowest BCUT2D eigenvalue weighted by molar-refractivity contribution is -0.119. The molecule has 28 heavy (non-hydrogen) atoms. The Morgan fingerprint density at radius 1 is 1.11 bits per heavy atom. The average molecular weight is 381 g/mol. The molecule has 0 spiro atoms. The van der Waals surface area contributed by atoms with Gasteiger partial charge in [0.05, 0.1) is 32.9 Å². The van der Waals surface area contributed by atoms with Crippen LogP contribution < -0.4 is 24.3 Å². The van der Waals surface area contributed by atoms with Gasteiger partial charge in [0.1, 0.15) is 5.75 Å². The molecule has 146 valence electrons. The van der Waals surface area contributed by atoms with Crippen molar-refractivity contribution >= 4 is 17.7 Å². The van der Waals surface area contributed by atoms with E-state index in [9.17, 15) is 4.79 Å². The summed E-state index contributed by atoms with van der Waals surface area (Å²) in [5.74, 6) is 3.35. The number of ether oxygens (including phenoxy) is 4. The standard InChI is InChI=1S/C22H23NO5/c1-12(2)11-27-16-6-5-13-9-20(24)23-15-7-14-8-18(25-3)19(26-4)10-17(14)28-22(16)21(13)15/h5-8,10,12H,9,11H2,1-4H3,(H,23,24). The molecule has 0 saturated heterocycles. The van der Waals surface area contributed by atoms with Crippen molar-refractivity contribution in [2.45, 2.75) is 20.3 Å². The summed E-state index contributed by atoms with van der Waals surface area (Å²) in [4.78, 5) is 12.2. The van der Waals surface area contributed by atoms with Gasteiger partial charge in [-0.05, 0) is 29.7 Å². The number of amides is 1. The number of fused-ring (bicyclic) bond motifs is 1. The van der Waals surface area contributed by atoms with Crippen LogP contribution >= 0.6 is 0 Å². The van der Waals surface area contributed by atoms with E-state index >= 15 is 0 Å². The van der Waals surface area contributed by atoms with Crippen molar-refractivity contribution in [2.24, 2.45) is 5.92 Å². The van der Waals surface area contributed by atoms with Gasteiger partial charge in [0.2, 0.25) is 5.91 Å². The van der Waals surface area contributed by atoms with E-state index in [1.807, 2.05) is 24.3 Å². The van der Waals surface area contributed by atoms with Crippen LogP contribution in [-0.2, 0) is 11.2 Å². The van der Waals surface area contributed by atoms with E-state index in [2.05, 4.69) is 19.2 Å². The highest BCUT2D eigenvalue weighted by atomic mass is 16.5. The Labute approximate surface area is 164 Å². The first kappa shape index (κ1) is 18.2. The molecule has 0 radical (unpaired) electrons. The molecular weight excluding hydrogens is 358 g/mol. The summed E-state index contributed by atoms with van der Waals surface area (Å²) in [5.41, 5.74) is 3.25. The number of carbonyl (C=O) groups is 1. The topological polar surface area (TPSA) is 66.0 Å². The molecule has 2 aliphatic heterocycles. The summed E-state index contributed by atoms with van der Waals surface area (Å²) in [5, 5.41) is 2.97. The van der Waals surface area contributed by atoms with Crippen LogP contribution in [0, 0.1) is 5.92 Å². The van der Waals surface area contributed by atoms with E-state index < -0.39 is 0 Å². The van der Waals surface area contributed by atoms with Crippen LogP contribution in [0.3, 0.4) is 0 Å². The molecule has 4 rings (SSSR count). The zero-order valence-electron chi connectivity index (χ0n) is 16.4. The molecular formula is C22H23NO5. The maximum atomic E-state index is 12.2. The van der Waals surface area contributed by atoms with Crippen molar-refractivity contribution < 1.29 is 23.7 Å². The minimum absolute atomic E-state index is 0.0514. The predicted molar refractivity (Wildman–Crippen MR) is 106 cm³/mol. The fraction of sp³-hybridized carbons (Fsp3) is 0.318. The maximum absolute atomic E-state index is 12.2. The highest BCUT2D eigenvalue weighted by Gasteiger charge is 2.30. The van der Waals surface area contributed by atoms with Crippen molar-refractivity contribution in [2.75, 3.05) is 20.8 Å². The smallest absolute Gasteiger partial charge is 0.228 e. The van der Waals surface area contributed by atoms with Crippen molar-refractivity contribution in [3.63, 3.8) is 0 Å². The van der Waals surface area contributed by atoms with Gasteiger partial charge in [-0.1, -0.05) is 19.9 Å². The van der Waals surface area contributed by atoms with Crippen LogP contribution in [0.25, 0.3) is 11.8 Å². The van der Waals surface area contributed by atoms with Gasteiger partial charge < -0.3 is 24.3 Å². The van der Waals surface area contributed by atoms with Gasteiger partial charge in [-0.2, -0.15) is 0 Å². The third kappa shape index (κ3) is 3.15. The summed E-state index contributed by atoms with van der Waals surface area (Å²) >= 11 is 0. The van der Waals surface area contributed by atoms with E-state index in [1.54, 1.807) is 20.3 Å². The number of rotatable bonds is 5. The molecule has 2 aliphatic rings. The molecule has 2 aromatic rings. The summed E-state index contributed by atoms with van der Waals surface area (Å²) in [7, 11) is 3.17. The number of hydrogen-bond acceptors (Lipinski definition) is 5. The number of hydrogen-bond donors (Lipinski definition) is 1. The van der Waals surface area contributed by atoms with E-state index in [0.29, 0.717) is 53.4 Å². The minimum atomic E-state index is -0.0514. The first-order chi connectivity index (χ1) is 13.5. The van der Waals surface area contributed by atoms with Crippen LogP contribution in [0.4, 0.5) is 0 Å². The fourth-order valence-electron chi connectivity index (χ4n) is 3.40. The Morgan fingerprint density at radius 2 is 1.86 bits per heavy atom. The van der Waals surface area contributed by atoms with Crippen molar-refractivity contribution in [1.82, 2.24) is 5.32 Å². The van der Waals surface area contributed by atoms with Gasteiger partial charge in [-0.3, -0.25) is 4.79 Å². The number of carbonyl (C=O) groups excluding carboxylic acids is 1. The van der Waals surface area contributed by atoms with Crippen LogP contribution in [0.15, 0.2) is 24.3 Å². The molecule has 0 saturated carbocycles. The second kappa shape index (κ2) is 7.11. The van der Waals surface area contributed by atoms with Crippen molar-refractivity contribution in [3.8, 4) is 28.7 Å². The summed E-state index contributed by atoms with van der Waals surface area (Å²) in [6.45, 7) is 4.75. The SMILES string of the molecule is COc1cc2c(cc1OC)Oc1c(OCC(C)C)ccc3c1C(=C2)NC(=O)C3. The van der Waals surface area contributed by atoms with E-state index in [1.165, 1.54) is 0 Å². The van der Waals surface area contributed by atoms with Crippen LogP contribution in [0.2, 0.25) is 0 Å². The molecule has 0 unspecified atom stereocenters. The second-order valence-electron chi connectivity index (χ2n) is 7.26. The molecule has 2 aromatic carbocycles. The van der Waals surface area contributed by atoms with Gasteiger partial charge in [-0.15, -0.1) is 0 Å². The molecule has 0 fully saturated rings. The molecule has 1 amide bonds. The molecule has 0 atom stereocenters. The van der Waals surface area contributed by atoms with E-state index in [4.69, 9.17) is 18.9 Å². The number of methoxy groups -OCH3 is 2. The van der Waals surface area contributed by atoms with Crippen molar-refractivity contribution in [3.05, 3.63) is 41.0 Å². The van der Waals surface area contributed by atoms with Gasteiger partial charge in [-0.25, -0.2) is 0 Å². The van der Waals surface area contributed by atoms with E-state index in [0.717, 1.165) is 16.7 Å². The Balaban J connectivity index is 1.91. The van der Waals surface area contributed by atoms with Crippen LogP contribution in [-0.4, -0.2) is 26.7 Å². The normalized spacial score (nSPS) is 14.2. The van der Waals surface area contributed by atoms with Crippen LogP contribution in [0.1, 0.15) is 30.5 Å². The van der Waals surface area contributed by atoms with Gasteiger partial charge in [0, 0.05) is 17.2 Å². The molecule has 0 bridgehead atoms. The first-order valence-electron chi connectivity index (χ1n) is 9.24. The maximum Gasteiger partial charge on any atom is 0.228 e. The average Bonchev–Trinajstić information content (AvgIpc) is 2.82. The highest BCUT2D eigenvalue weighted by Crippen LogP contribution is 2.48. The Bertz CT molecular complexity index is 977. The molecule has 6 nitrogen and oxygen atoms in total. The van der Waals surface area contributed by atoms with Crippen LogP contribution in [0.5, 0.6) is 28.7 Å². The predicted octanol–water partition coefficient (Wildman–Crippen LogP) is 4.01. The van der Waals surface area contributed by atoms with E-state index in [-0.39, 0.29) is 5.91 Å². The molecule has 1 N–H and O–H groups in total. The first-order valence-corrected chi connectivity index (χ1v) is 9.24. The lowest BCUT2D eigenvalue weighted by Crippen LogP contribution is -2.29. The highest BCUT2D eigenvalue weighted by molar-refractivity contribution is 6.01. The third-order valence-electron chi connectivity index (χ3n) is 4.70. The minimum Gasteiger partial charge on any atom is -0.493 e. The van der Waals surface area contributed by atoms with Gasteiger partial charge >= 0.3 is 0 Å². The van der Waals surface area contributed by atoms with Gasteiger partial charge in [0.25, 0.3) is 0 Å². The number of benzene rings is 2. The van der Waals surface area contributed by atoms with Gasteiger partial charge in [0.15, 0.2) is 23.0 Å². The third-order valence-corrected chi connectivity index (χ3v) is 4.70. The lowest BCUT2D eigenvalue weighted by Gasteiger charge is -2.23. The zero-order chi connectivity index (χ0) is 19.8. The molecule has 6 heteroatoms. The molecule has 0 aliphatic carbocycles. The lowest BCUT2D eigenvalue weighted by atomic mass is 9.95. The Hall–Kier alpha value is -3.15. The largest absolute Gasteiger partial charge is 0.493 e.